The van der Waals surface area contributed by atoms with Crippen molar-refractivity contribution in [3.05, 3.63) is 94.0 Å². The molecule has 1 unspecified atom stereocenters. The zero-order valence-electron chi connectivity index (χ0n) is 15.3. The fourth-order valence-corrected chi connectivity index (χ4v) is 4.79. The van der Waals surface area contributed by atoms with Crippen LogP contribution in [0.15, 0.2) is 72.8 Å². The third-order valence-electron chi connectivity index (χ3n) is 4.50. The maximum atomic E-state index is 6.34. The van der Waals surface area contributed by atoms with Crippen molar-refractivity contribution >= 4 is 35.0 Å². The molecule has 0 aliphatic carbocycles. The number of nitrogens with one attached hydrogen (secondary N) is 1. The topological polar surface area (TPSA) is 12.0 Å². The van der Waals surface area contributed by atoms with Gasteiger partial charge in [0, 0.05) is 21.0 Å². The molecule has 0 spiro atoms. The lowest BCUT2D eigenvalue weighted by molar-refractivity contribution is 0.714. The molecule has 1 atom stereocenters. The standard InChI is InChI=1S/C23H23Cl2NS/c1-26-14-13-23(27-16-20-11-12-21(24)15-22(20)25)19-9-7-18(8-10-19)17-5-3-2-4-6-17/h2-12,15,23,26H,13-14,16H2,1H3. The van der Waals surface area contributed by atoms with E-state index in [0.29, 0.717) is 10.3 Å². The van der Waals surface area contributed by atoms with E-state index < -0.39 is 0 Å². The van der Waals surface area contributed by atoms with Crippen LogP contribution in [0.3, 0.4) is 0 Å². The molecule has 0 amide bonds. The van der Waals surface area contributed by atoms with E-state index in [-0.39, 0.29) is 0 Å². The van der Waals surface area contributed by atoms with Crippen LogP contribution in [-0.2, 0) is 5.75 Å². The van der Waals surface area contributed by atoms with Crippen LogP contribution < -0.4 is 5.32 Å². The number of thioether (sulfide) groups is 1. The zero-order valence-corrected chi connectivity index (χ0v) is 17.6. The first-order valence-corrected chi connectivity index (χ1v) is 10.8. The summed E-state index contributed by atoms with van der Waals surface area (Å²) in [4.78, 5) is 0. The highest BCUT2D eigenvalue weighted by Crippen LogP contribution is 2.37. The quantitative estimate of drug-likeness (QED) is 0.415. The van der Waals surface area contributed by atoms with Crippen LogP contribution in [-0.4, -0.2) is 13.6 Å². The minimum Gasteiger partial charge on any atom is -0.320 e. The van der Waals surface area contributed by atoms with E-state index in [1.54, 1.807) is 0 Å². The largest absolute Gasteiger partial charge is 0.320 e. The number of hydrogen-bond acceptors (Lipinski definition) is 2. The molecule has 140 valence electrons. The Bertz CT molecular complexity index is 850. The molecule has 0 aliphatic heterocycles. The van der Waals surface area contributed by atoms with Gasteiger partial charge in [-0.3, -0.25) is 0 Å². The summed E-state index contributed by atoms with van der Waals surface area (Å²) in [7, 11) is 2.00. The molecule has 1 N–H and O–H groups in total. The number of rotatable bonds is 8. The molecule has 0 saturated heterocycles. The Morgan fingerprint density at radius 2 is 1.59 bits per heavy atom. The summed E-state index contributed by atoms with van der Waals surface area (Å²) >= 11 is 14.3. The van der Waals surface area contributed by atoms with Gasteiger partial charge in [0.2, 0.25) is 0 Å². The first-order chi connectivity index (χ1) is 13.2. The fraction of sp³-hybridized carbons (Fsp3) is 0.217. The predicted octanol–water partition coefficient (Wildman–Crippen LogP) is 7.24. The summed E-state index contributed by atoms with van der Waals surface area (Å²) < 4.78 is 0. The molecule has 1 nitrogen and oxygen atoms in total. The first-order valence-electron chi connectivity index (χ1n) is 9.03. The van der Waals surface area contributed by atoms with E-state index in [2.05, 4.69) is 53.8 Å². The lowest BCUT2D eigenvalue weighted by Crippen LogP contribution is -2.11. The van der Waals surface area contributed by atoms with Crippen molar-refractivity contribution in [1.82, 2.24) is 5.32 Å². The molecule has 0 heterocycles. The van der Waals surface area contributed by atoms with Gasteiger partial charge >= 0.3 is 0 Å². The van der Waals surface area contributed by atoms with Crippen LogP contribution in [0.4, 0.5) is 0 Å². The summed E-state index contributed by atoms with van der Waals surface area (Å²) in [6.07, 6.45) is 1.07. The van der Waals surface area contributed by atoms with Crippen LogP contribution in [0.25, 0.3) is 11.1 Å². The molecule has 3 aromatic carbocycles. The van der Waals surface area contributed by atoms with Crippen molar-refractivity contribution in [3.8, 4) is 11.1 Å². The summed E-state index contributed by atoms with van der Waals surface area (Å²) in [5.74, 6) is 0.866. The first kappa shape index (κ1) is 20.3. The molecule has 0 bridgehead atoms. The second kappa shape index (κ2) is 10.2. The SMILES string of the molecule is CNCCC(SCc1ccc(Cl)cc1Cl)c1ccc(-c2ccccc2)cc1. The smallest absolute Gasteiger partial charge is 0.0461 e. The Morgan fingerprint density at radius 1 is 0.889 bits per heavy atom. The lowest BCUT2D eigenvalue weighted by atomic mass is 10.0. The summed E-state index contributed by atoms with van der Waals surface area (Å²) in [6.45, 7) is 0.979. The average Bonchev–Trinajstić information content (AvgIpc) is 2.70. The van der Waals surface area contributed by atoms with Gasteiger partial charge < -0.3 is 5.32 Å². The fourth-order valence-electron chi connectivity index (χ4n) is 2.97. The molecule has 0 saturated carbocycles. The second-order valence-electron chi connectivity index (χ2n) is 6.42. The summed E-state index contributed by atoms with van der Waals surface area (Å²) in [5.41, 5.74) is 4.97. The van der Waals surface area contributed by atoms with Gasteiger partial charge in [-0.15, -0.1) is 11.8 Å². The lowest BCUT2D eigenvalue weighted by Gasteiger charge is -2.18. The molecular weight excluding hydrogens is 393 g/mol. The van der Waals surface area contributed by atoms with Gasteiger partial charge in [-0.25, -0.2) is 0 Å². The molecule has 0 aliphatic rings. The van der Waals surface area contributed by atoms with Gasteiger partial charge in [-0.2, -0.15) is 0 Å². The molecule has 4 heteroatoms. The van der Waals surface area contributed by atoms with Crippen LogP contribution in [0.5, 0.6) is 0 Å². The van der Waals surface area contributed by atoms with Crippen molar-refractivity contribution in [1.29, 1.82) is 0 Å². The van der Waals surface area contributed by atoms with E-state index in [9.17, 15) is 0 Å². The molecular formula is C23H23Cl2NS. The highest BCUT2D eigenvalue weighted by atomic mass is 35.5. The van der Waals surface area contributed by atoms with Gasteiger partial charge in [0.15, 0.2) is 0 Å². The normalized spacial score (nSPS) is 12.1. The summed E-state index contributed by atoms with van der Waals surface area (Å²) in [6, 6.07) is 25.1. The second-order valence-corrected chi connectivity index (χ2v) is 8.45. The van der Waals surface area contributed by atoms with Crippen molar-refractivity contribution in [3.63, 3.8) is 0 Å². The molecule has 0 radical (unpaired) electrons. The minimum absolute atomic E-state index is 0.411. The van der Waals surface area contributed by atoms with Crippen LogP contribution >= 0.6 is 35.0 Å². The van der Waals surface area contributed by atoms with Gasteiger partial charge in [-0.1, -0.05) is 83.9 Å². The molecule has 3 aromatic rings. The van der Waals surface area contributed by atoms with Crippen molar-refractivity contribution in [2.24, 2.45) is 0 Å². The average molecular weight is 416 g/mol. The van der Waals surface area contributed by atoms with E-state index in [1.165, 1.54) is 16.7 Å². The highest BCUT2D eigenvalue weighted by Gasteiger charge is 2.13. The Hall–Kier alpha value is -1.45. The van der Waals surface area contributed by atoms with Crippen molar-refractivity contribution in [2.75, 3.05) is 13.6 Å². The molecule has 3 rings (SSSR count). The van der Waals surface area contributed by atoms with Gasteiger partial charge in [0.25, 0.3) is 0 Å². The third kappa shape index (κ3) is 5.76. The van der Waals surface area contributed by atoms with Crippen LogP contribution in [0.1, 0.15) is 22.8 Å². The predicted molar refractivity (Wildman–Crippen MR) is 121 cm³/mol. The monoisotopic (exact) mass is 415 g/mol. The zero-order chi connectivity index (χ0) is 19.1. The van der Waals surface area contributed by atoms with E-state index in [0.717, 1.165) is 29.3 Å². The Kier molecular flexibility index (Phi) is 7.66. The van der Waals surface area contributed by atoms with Crippen LogP contribution in [0.2, 0.25) is 10.0 Å². The van der Waals surface area contributed by atoms with Gasteiger partial charge in [0.1, 0.15) is 0 Å². The van der Waals surface area contributed by atoms with Gasteiger partial charge in [0.05, 0.1) is 0 Å². The van der Waals surface area contributed by atoms with Crippen molar-refractivity contribution < 1.29 is 0 Å². The van der Waals surface area contributed by atoms with Crippen molar-refractivity contribution in [2.45, 2.75) is 17.4 Å². The highest BCUT2D eigenvalue weighted by molar-refractivity contribution is 7.98. The van der Waals surface area contributed by atoms with E-state index in [4.69, 9.17) is 23.2 Å². The molecule has 0 fully saturated rings. The molecule has 0 aromatic heterocycles. The Morgan fingerprint density at radius 3 is 2.26 bits per heavy atom. The Balaban J connectivity index is 1.73. The molecule has 27 heavy (non-hydrogen) atoms. The maximum Gasteiger partial charge on any atom is 0.0461 e. The van der Waals surface area contributed by atoms with E-state index in [1.807, 2.05) is 43.1 Å². The number of benzene rings is 3. The van der Waals surface area contributed by atoms with Gasteiger partial charge in [-0.05, 0) is 54.4 Å². The Labute approximate surface area is 176 Å². The summed E-state index contributed by atoms with van der Waals surface area (Å²) in [5, 5.41) is 5.09. The number of hydrogen-bond donors (Lipinski definition) is 1. The maximum absolute atomic E-state index is 6.34. The number of halogens is 2. The van der Waals surface area contributed by atoms with E-state index >= 15 is 0 Å². The van der Waals surface area contributed by atoms with Crippen LogP contribution in [0, 0.1) is 0 Å². The third-order valence-corrected chi connectivity index (χ3v) is 6.48. The minimum atomic E-state index is 0.411.